The number of carbonyl (C=O) groups is 1. The highest BCUT2D eigenvalue weighted by molar-refractivity contribution is 5.77. The molecule has 0 aromatic carbocycles. The van der Waals surface area contributed by atoms with Gasteiger partial charge in [-0.25, -0.2) is 0 Å². The SMILES string of the molecule is CCCCCc1c(N)cc(C#N)n1CC(=O)N1CCC[C@H](C)C1. The van der Waals surface area contributed by atoms with E-state index in [1.807, 2.05) is 9.47 Å². The Morgan fingerprint density at radius 2 is 2.26 bits per heavy atom. The molecule has 1 amide bonds. The van der Waals surface area contributed by atoms with Gasteiger partial charge in [0.15, 0.2) is 0 Å². The van der Waals surface area contributed by atoms with Crippen LogP contribution in [-0.4, -0.2) is 28.5 Å². The quantitative estimate of drug-likeness (QED) is 0.820. The molecule has 1 fully saturated rings. The molecule has 2 N–H and O–H groups in total. The molecule has 1 saturated heterocycles. The third-order valence-corrected chi connectivity index (χ3v) is 4.68. The van der Waals surface area contributed by atoms with E-state index in [0.29, 0.717) is 17.3 Å². The molecule has 0 unspecified atom stereocenters. The van der Waals surface area contributed by atoms with E-state index in [-0.39, 0.29) is 12.5 Å². The van der Waals surface area contributed by atoms with Crippen LogP contribution in [0.4, 0.5) is 5.69 Å². The molecule has 1 aromatic heterocycles. The number of likely N-dealkylation sites (tertiary alicyclic amines) is 1. The fourth-order valence-corrected chi connectivity index (χ4v) is 3.36. The lowest BCUT2D eigenvalue weighted by molar-refractivity contribution is -0.133. The lowest BCUT2D eigenvalue weighted by atomic mass is 10.0. The number of nitrogens with zero attached hydrogens (tertiary/aromatic N) is 3. The van der Waals surface area contributed by atoms with Crippen molar-refractivity contribution in [3.05, 3.63) is 17.5 Å². The third-order valence-electron chi connectivity index (χ3n) is 4.68. The zero-order chi connectivity index (χ0) is 16.8. The first-order valence-electron chi connectivity index (χ1n) is 8.72. The summed E-state index contributed by atoms with van der Waals surface area (Å²) in [5.41, 5.74) is 8.15. The van der Waals surface area contributed by atoms with Crippen LogP contribution in [0.15, 0.2) is 6.07 Å². The van der Waals surface area contributed by atoms with Crippen molar-refractivity contribution in [2.75, 3.05) is 18.8 Å². The van der Waals surface area contributed by atoms with Gasteiger partial charge in [-0.05, 0) is 37.7 Å². The number of carbonyl (C=O) groups excluding carboxylic acids is 1. The summed E-state index contributed by atoms with van der Waals surface area (Å²) in [5, 5.41) is 9.34. The highest BCUT2D eigenvalue weighted by Crippen LogP contribution is 2.22. The Kier molecular flexibility index (Phi) is 6.09. The number of hydrogen-bond acceptors (Lipinski definition) is 3. The Balaban J connectivity index is 2.13. The summed E-state index contributed by atoms with van der Waals surface area (Å²) in [5.74, 6) is 0.655. The van der Waals surface area contributed by atoms with Crippen LogP contribution in [0.1, 0.15) is 57.3 Å². The summed E-state index contributed by atoms with van der Waals surface area (Å²) in [6, 6.07) is 3.88. The van der Waals surface area contributed by atoms with Crippen molar-refractivity contribution in [3.63, 3.8) is 0 Å². The van der Waals surface area contributed by atoms with Crippen LogP contribution in [0.2, 0.25) is 0 Å². The molecular formula is C18H28N4O. The maximum atomic E-state index is 12.6. The van der Waals surface area contributed by atoms with Gasteiger partial charge in [0.2, 0.25) is 5.91 Å². The maximum absolute atomic E-state index is 12.6. The molecular weight excluding hydrogens is 288 g/mol. The minimum Gasteiger partial charge on any atom is -0.397 e. The van der Waals surface area contributed by atoms with E-state index < -0.39 is 0 Å². The number of nitrogen functional groups attached to an aromatic ring is 1. The summed E-state index contributed by atoms with van der Waals surface area (Å²) < 4.78 is 1.83. The highest BCUT2D eigenvalue weighted by atomic mass is 16.2. The smallest absolute Gasteiger partial charge is 0.242 e. The minimum absolute atomic E-state index is 0.0976. The number of anilines is 1. The van der Waals surface area contributed by atoms with Crippen LogP contribution in [0.5, 0.6) is 0 Å². The molecule has 5 heteroatoms. The lowest BCUT2D eigenvalue weighted by Gasteiger charge is -2.31. The van der Waals surface area contributed by atoms with Gasteiger partial charge in [0.25, 0.3) is 0 Å². The zero-order valence-corrected chi connectivity index (χ0v) is 14.3. The van der Waals surface area contributed by atoms with Gasteiger partial charge in [-0.2, -0.15) is 5.26 Å². The topological polar surface area (TPSA) is 75.0 Å². The average molecular weight is 316 g/mol. The lowest BCUT2D eigenvalue weighted by Crippen LogP contribution is -2.41. The second-order valence-electron chi connectivity index (χ2n) is 6.67. The Labute approximate surface area is 139 Å². The standard InChI is InChI=1S/C18H28N4O/c1-3-4-5-8-17-16(20)10-15(11-19)22(17)13-18(23)21-9-6-7-14(2)12-21/h10,14H,3-9,12-13,20H2,1-2H3/t14-/m0/s1. The molecule has 0 radical (unpaired) electrons. The second-order valence-corrected chi connectivity index (χ2v) is 6.67. The molecule has 2 heterocycles. The van der Waals surface area contributed by atoms with Crippen molar-refractivity contribution in [2.24, 2.45) is 5.92 Å². The van der Waals surface area contributed by atoms with Gasteiger partial charge in [-0.1, -0.05) is 26.7 Å². The zero-order valence-electron chi connectivity index (χ0n) is 14.3. The monoisotopic (exact) mass is 316 g/mol. The number of rotatable bonds is 6. The number of piperidine rings is 1. The van der Waals surface area contributed by atoms with Crippen molar-refractivity contribution < 1.29 is 4.79 Å². The Morgan fingerprint density at radius 3 is 2.91 bits per heavy atom. The first kappa shape index (κ1) is 17.4. The van der Waals surface area contributed by atoms with E-state index >= 15 is 0 Å². The molecule has 0 bridgehead atoms. The van der Waals surface area contributed by atoms with E-state index in [1.54, 1.807) is 6.07 Å². The molecule has 2 rings (SSSR count). The van der Waals surface area contributed by atoms with Gasteiger partial charge in [0.1, 0.15) is 18.3 Å². The molecule has 5 nitrogen and oxygen atoms in total. The van der Waals surface area contributed by atoms with E-state index in [1.165, 1.54) is 6.42 Å². The molecule has 0 saturated carbocycles. The molecule has 0 spiro atoms. The van der Waals surface area contributed by atoms with Crippen molar-refractivity contribution >= 4 is 11.6 Å². The summed E-state index contributed by atoms with van der Waals surface area (Å²) in [7, 11) is 0. The average Bonchev–Trinajstić information content (AvgIpc) is 2.83. The molecule has 1 atom stereocenters. The van der Waals surface area contributed by atoms with Gasteiger partial charge in [-0.15, -0.1) is 0 Å². The van der Waals surface area contributed by atoms with Gasteiger partial charge in [0.05, 0.1) is 5.69 Å². The summed E-state index contributed by atoms with van der Waals surface area (Å²) in [6.45, 7) is 6.22. The summed E-state index contributed by atoms with van der Waals surface area (Å²) in [4.78, 5) is 14.6. The fraction of sp³-hybridized carbons (Fsp3) is 0.667. The Morgan fingerprint density at radius 1 is 1.48 bits per heavy atom. The number of amides is 1. The molecule has 1 aromatic rings. The third kappa shape index (κ3) is 4.28. The molecule has 1 aliphatic heterocycles. The fourth-order valence-electron chi connectivity index (χ4n) is 3.36. The number of nitriles is 1. The number of aromatic nitrogens is 1. The first-order chi connectivity index (χ1) is 11.1. The highest BCUT2D eigenvalue weighted by Gasteiger charge is 2.23. The summed E-state index contributed by atoms with van der Waals surface area (Å²) in [6.07, 6.45) is 6.37. The van der Waals surface area contributed by atoms with Crippen molar-refractivity contribution in [2.45, 2.75) is 58.9 Å². The van der Waals surface area contributed by atoms with Gasteiger partial charge in [-0.3, -0.25) is 4.79 Å². The van der Waals surface area contributed by atoms with Crippen molar-refractivity contribution in [3.8, 4) is 6.07 Å². The van der Waals surface area contributed by atoms with E-state index in [0.717, 1.165) is 50.9 Å². The number of unbranched alkanes of at least 4 members (excludes halogenated alkanes) is 2. The van der Waals surface area contributed by atoms with Crippen LogP contribution in [0.25, 0.3) is 0 Å². The maximum Gasteiger partial charge on any atom is 0.242 e. The van der Waals surface area contributed by atoms with Crippen LogP contribution in [0.3, 0.4) is 0 Å². The number of nitrogens with two attached hydrogens (primary N) is 1. The normalized spacial score (nSPS) is 18.0. The van der Waals surface area contributed by atoms with Crippen LogP contribution >= 0.6 is 0 Å². The number of hydrogen-bond donors (Lipinski definition) is 1. The first-order valence-corrected chi connectivity index (χ1v) is 8.72. The van der Waals surface area contributed by atoms with Crippen LogP contribution in [0, 0.1) is 17.2 Å². The Hall–Kier alpha value is -1.96. The van der Waals surface area contributed by atoms with E-state index in [2.05, 4.69) is 19.9 Å². The van der Waals surface area contributed by atoms with Crippen LogP contribution < -0.4 is 5.73 Å². The van der Waals surface area contributed by atoms with Gasteiger partial charge >= 0.3 is 0 Å². The Bertz CT molecular complexity index is 585. The van der Waals surface area contributed by atoms with Crippen LogP contribution in [-0.2, 0) is 17.8 Å². The summed E-state index contributed by atoms with van der Waals surface area (Å²) >= 11 is 0. The van der Waals surface area contributed by atoms with E-state index in [9.17, 15) is 10.1 Å². The largest absolute Gasteiger partial charge is 0.397 e. The van der Waals surface area contributed by atoms with Crippen molar-refractivity contribution in [1.82, 2.24) is 9.47 Å². The second kappa shape index (κ2) is 8.05. The van der Waals surface area contributed by atoms with Gasteiger partial charge in [0, 0.05) is 18.8 Å². The predicted octanol–water partition coefficient (Wildman–Crippen LogP) is 2.93. The van der Waals surface area contributed by atoms with Crippen molar-refractivity contribution in [1.29, 1.82) is 5.26 Å². The molecule has 0 aliphatic carbocycles. The predicted molar refractivity (Wildman–Crippen MR) is 91.8 cm³/mol. The van der Waals surface area contributed by atoms with E-state index in [4.69, 9.17) is 5.73 Å². The molecule has 1 aliphatic rings. The molecule has 23 heavy (non-hydrogen) atoms. The minimum atomic E-state index is 0.0976. The molecule has 126 valence electrons. The van der Waals surface area contributed by atoms with Gasteiger partial charge < -0.3 is 15.2 Å².